The van der Waals surface area contributed by atoms with E-state index >= 15 is 0 Å². The summed E-state index contributed by atoms with van der Waals surface area (Å²) in [5.74, 6) is -2.26. The number of esters is 1. The summed E-state index contributed by atoms with van der Waals surface area (Å²) < 4.78 is 31.2. The Hall–Kier alpha value is -2.51. The second-order valence-corrected chi connectivity index (χ2v) is 7.85. The minimum absolute atomic E-state index is 0.0293. The first kappa shape index (κ1) is 21.2. The van der Waals surface area contributed by atoms with Crippen LogP contribution in [0.5, 0.6) is 0 Å². The van der Waals surface area contributed by atoms with E-state index in [1.807, 2.05) is 0 Å². The number of halogens is 2. The Kier molecular flexibility index (Phi) is 6.49. The number of amides is 2. The van der Waals surface area contributed by atoms with Gasteiger partial charge in [0, 0.05) is 39.0 Å². The maximum absolute atomic E-state index is 13.5. The molecule has 0 saturated carbocycles. The third-order valence-electron chi connectivity index (χ3n) is 5.89. The fourth-order valence-corrected chi connectivity index (χ4v) is 4.27. The molecule has 6 nitrogen and oxygen atoms in total. The fourth-order valence-electron chi connectivity index (χ4n) is 4.27. The van der Waals surface area contributed by atoms with Crippen LogP contribution in [0.25, 0.3) is 0 Å². The number of nitrogens with zero attached hydrogens (tertiary/aromatic N) is 2. The van der Waals surface area contributed by atoms with E-state index in [-0.39, 0.29) is 37.2 Å². The van der Waals surface area contributed by atoms with Crippen LogP contribution in [0.1, 0.15) is 44.1 Å². The summed E-state index contributed by atoms with van der Waals surface area (Å²) in [6, 6.07) is 3.67. The summed E-state index contributed by atoms with van der Waals surface area (Å²) in [4.78, 5) is 40.2. The maximum Gasteiger partial charge on any atom is 0.305 e. The van der Waals surface area contributed by atoms with E-state index in [0.717, 1.165) is 18.6 Å². The van der Waals surface area contributed by atoms with Crippen LogP contribution in [0.2, 0.25) is 0 Å². The molecule has 1 unspecified atom stereocenters. The Bertz CT molecular complexity index is 801. The Morgan fingerprint density at radius 1 is 1.14 bits per heavy atom. The summed E-state index contributed by atoms with van der Waals surface area (Å²) in [7, 11) is 1.31. The van der Waals surface area contributed by atoms with Crippen LogP contribution in [-0.4, -0.2) is 54.3 Å². The number of rotatable bonds is 6. The number of hydrogen-bond acceptors (Lipinski definition) is 4. The summed E-state index contributed by atoms with van der Waals surface area (Å²) >= 11 is 0. The van der Waals surface area contributed by atoms with Crippen molar-refractivity contribution in [1.82, 2.24) is 9.80 Å². The third kappa shape index (κ3) is 4.74. The van der Waals surface area contributed by atoms with E-state index in [9.17, 15) is 23.2 Å². The summed E-state index contributed by atoms with van der Waals surface area (Å²) in [5, 5.41) is 0. The van der Waals surface area contributed by atoms with Crippen molar-refractivity contribution in [2.45, 2.75) is 45.1 Å². The van der Waals surface area contributed by atoms with E-state index < -0.39 is 17.0 Å². The lowest BCUT2D eigenvalue weighted by molar-refractivity contribution is -0.146. The maximum atomic E-state index is 13.5. The van der Waals surface area contributed by atoms with Gasteiger partial charge in [0.2, 0.25) is 11.8 Å². The van der Waals surface area contributed by atoms with E-state index in [2.05, 4.69) is 4.74 Å². The standard InChI is InChI=1S/C21H26F2N2O4/c1-29-19(27)5-2-4-18(26)25-11-9-21(14-25)8-3-10-24(20(21)28)13-15-6-7-16(22)17(23)12-15/h6-7,12H,2-5,8-11,13-14H2,1H3. The van der Waals surface area contributed by atoms with Gasteiger partial charge >= 0.3 is 5.97 Å². The van der Waals surface area contributed by atoms with Crippen molar-refractivity contribution in [1.29, 1.82) is 0 Å². The molecule has 2 heterocycles. The van der Waals surface area contributed by atoms with Crippen LogP contribution in [0.15, 0.2) is 18.2 Å². The zero-order valence-electron chi connectivity index (χ0n) is 16.6. The third-order valence-corrected chi connectivity index (χ3v) is 5.89. The quantitative estimate of drug-likeness (QED) is 0.679. The molecule has 1 spiro atoms. The van der Waals surface area contributed by atoms with Crippen molar-refractivity contribution in [2.24, 2.45) is 5.41 Å². The predicted octanol–water partition coefficient (Wildman–Crippen LogP) is 2.65. The normalized spacial score (nSPS) is 21.7. The SMILES string of the molecule is COC(=O)CCCC(=O)N1CCC2(CCCN(Cc3ccc(F)c(F)c3)C2=O)C1. The second-order valence-electron chi connectivity index (χ2n) is 7.85. The van der Waals surface area contributed by atoms with Crippen molar-refractivity contribution >= 4 is 17.8 Å². The van der Waals surface area contributed by atoms with Gasteiger partial charge in [-0.15, -0.1) is 0 Å². The smallest absolute Gasteiger partial charge is 0.305 e. The number of carbonyl (C=O) groups excluding carboxylic acids is 3. The lowest BCUT2D eigenvalue weighted by Gasteiger charge is -2.39. The molecule has 0 radical (unpaired) electrons. The molecule has 158 valence electrons. The molecule has 2 aliphatic heterocycles. The Labute approximate surface area is 168 Å². The minimum Gasteiger partial charge on any atom is -0.469 e. The van der Waals surface area contributed by atoms with Crippen molar-refractivity contribution in [3.63, 3.8) is 0 Å². The average molecular weight is 408 g/mol. The lowest BCUT2D eigenvalue weighted by Crippen LogP contribution is -2.50. The van der Waals surface area contributed by atoms with Gasteiger partial charge in [-0.2, -0.15) is 0 Å². The van der Waals surface area contributed by atoms with Gasteiger partial charge in [0.05, 0.1) is 12.5 Å². The first-order valence-corrected chi connectivity index (χ1v) is 9.92. The molecular formula is C21H26F2N2O4. The molecule has 0 bridgehead atoms. The Balaban J connectivity index is 1.60. The molecule has 1 aromatic rings. The molecule has 2 amide bonds. The molecule has 29 heavy (non-hydrogen) atoms. The van der Waals surface area contributed by atoms with Crippen LogP contribution in [-0.2, 0) is 25.7 Å². The molecule has 1 atom stereocenters. The lowest BCUT2D eigenvalue weighted by atomic mass is 9.78. The molecule has 2 aliphatic rings. The molecule has 8 heteroatoms. The van der Waals surface area contributed by atoms with E-state index in [0.29, 0.717) is 44.5 Å². The molecular weight excluding hydrogens is 382 g/mol. The largest absolute Gasteiger partial charge is 0.469 e. The van der Waals surface area contributed by atoms with Gasteiger partial charge < -0.3 is 14.5 Å². The van der Waals surface area contributed by atoms with Gasteiger partial charge in [0.15, 0.2) is 11.6 Å². The first-order valence-electron chi connectivity index (χ1n) is 9.92. The number of benzene rings is 1. The van der Waals surface area contributed by atoms with Crippen LogP contribution in [0.4, 0.5) is 8.78 Å². The van der Waals surface area contributed by atoms with Crippen molar-refractivity contribution in [3.05, 3.63) is 35.4 Å². The monoisotopic (exact) mass is 408 g/mol. The molecule has 0 aliphatic carbocycles. The van der Waals surface area contributed by atoms with Gasteiger partial charge in [-0.3, -0.25) is 14.4 Å². The van der Waals surface area contributed by atoms with Crippen LogP contribution >= 0.6 is 0 Å². The molecule has 0 N–H and O–H groups in total. The van der Waals surface area contributed by atoms with Crippen LogP contribution < -0.4 is 0 Å². The highest BCUT2D eigenvalue weighted by Gasteiger charge is 2.49. The molecule has 1 aromatic carbocycles. The Morgan fingerprint density at radius 3 is 2.66 bits per heavy atom. The number of ether oxygens (including phenoxy) is 1. The predicted molar refractivity (Wildman–Crippen MR) is 101 cm³/mol. The van der Waals surface area contributed by atoms with E-state index in [1.54, 1.807) is 9.80 Å². The molecule has 3 rings (SSSR count). The zero-order chi connectivity index (χ0) is 21.0. The number of likely N-dealkylation sites (tertiary alicyclic amines) is 2. The highest BCUT2D eigenvalue weighted by atomic mass is 19.2. The Morgan fingerprint density at radius 2 is 1.93 bits per heavy atom. The highest BCUT2D eigenvalue weighted by Crippen LogP contribution is 2.40. The second kappa shape index (κ2) is 8.88. The van der Waals surface area contributed by atoms with E-state index in [4.69, 9.17) is 0 Å². The average Bonchev–Trinajstić information content (AvgIpc) is 3.13. The number of methoxy groups -OCH3 is 1. The molecule has 2 fully saturated rings. The zero-order valence-corrected chi connectivity index (χ0v) is 16.6. The minimum atomic E-state index is -0.925. The number of piperidine rings is 1. The summed E-state index contributed by atoms with van der Waals surface area (Å²) in [6.07, 6.45) is 2.99. The molecule has 2 saturated heterocycles. The number of carbonyl (C=O) groups is 3. The van der Waals surface area contributed by atoms with Crippen molar-refractivity contribution in [3.8, 4) is 0 Å². The number of hydrogen-bond donors (Lipinski definition) is 0. The van der Waals surface area contributed by atoms with Crippen molar-refractivity contribution in [2.75, 3.05) is 26.7 Å². The van der Waals surface area contributed by atoms with Gasteiger partial charge in [0.25, 0.3) is 0 Å². The summed E-state index contributed by atoms with van der Waals surface area (Å²) in [6.45, 7) is 1.68. The van der Waals surface area contributed by atoms with Gasteiger partial charge in [-0.25, -0.2) is 8.78 Å². The van der Waals surface area contributed by atoms with Crippen molar-refractivity contribution < 1.29 is 27.9 Å². The summed E-state index contributed by atoms with van der Waals surface area (Å²) in [5.41, 5.74) is -0.0579. The topological polar surface area (TPSA) is 66.9 Å². The van der Waals surface area contributed by atoms with Crippen LogP contribution in [0.3, 0.4) is 0 Å². The molecule has 0 aromatic heterocycles. The van der Waals surface area contributed by atoms with E-state index in [1.165, 1.54) is 13.2 Å². The van der Waals surface area contributed by atoms with Crippen LogP contribution in [0, 0.1) is 17.0 Å². The van der Waals surface area contributed by atoms with Gasteiger partial charge in [-0.1, -0.05) is 6.07 Å². The van der Waals surface area contributed by atoms with Gasteiger partial charge in [0.1, 0.15) is 0 Å². The first-order chi connectivity index (χ1) is 13.8. The highest BCUT2D eigenvalue weighted by molar-refractivity contribution is 5.86. The van der Waals surface area contributed by atoms with Gasteiger partial charge in [-0.05, 0) is 43.4 Å². The fraction of sp³-hybridized carbons (Fsp3) is 0.571.